The summed E-state index contributed by atoms with van der Waals surface area (Å²) in [5.74, 6) is 0.589. The van der Waals surface area contributed by atoms with E-state index in [0.717, 1.165) is 0 Å². The van der Waals surface area contributed by atoms with Gasteiger partial charge in [0.2, 0.25) is 16.0 Å². The van der Waals surface area contributed by atoms with Gasteiger partial charge in [-0.2, -0.15) is 4.31 Å². The summed E-state index contributed by atoms with van der Waals surface area (Å²) in [5.41, 5.74) is 0. The maximum Gasteiger partial charge on any atom is 0.225 e. The van der Waals surface area contributed by atoms with Crippen LogP contribution in [0.5, 0.6) is 0 Å². The van der Waals surface area contributed by atoms with E-state index in [2.05, 4.69) is 9.97 Å². The Morgan fingerprint density at radius 1 is 1.16 bits per heavy atom. The molecule has 1 fully saturated rings. The Morgan fingerprint density at radius 2 is 1.68 bits per heavy atom. The van der Waals surface area contributed by atoms with E-state index in [-0.39, 0.29) is 5.25 Å². The molecule has 1 aliphatic heterocycles. The van der Waals surface area contributed by atoms with Gasteiger partial charge in [-0.1, -0.05) is 11.6 Å². The van der Waals surface area contributed by atoms with Gasteiger partial charge in [0.05, 0.1) is 22.7 Å². The van der Waals surface area contributed by atoms with Crippen LogP contribution in [0.4, 0.5) is 5.95 Å². The number of hydrogen-bond donors (Lipinski definition) is 0. The molecule has 0 N–H and O–H groups in total. The van der Waals surface area contributed by atoms with Gasteiger partial charge in [-0.25, -0.2) is 18.4 Å². The molecule has 1 aromatic rings. The van der Waals surface area contributed by atoms with Crippen molar-refractivity contribution in [2.45, 2.75) is 19.1 Å². The van der Waals surface area contributed by atoms with Gasteiger partial charge in [0.1, 0.15) is 0 Å². The van der Waals surface area contributed by atoms with E-state index in [1.807, 2.05) is 4.90 Å². The van der Waals surface area contributed by atoms with Gasteiger partial charge in [-0.3, -0.25) is 0 Å². The maximum absolute atomic E-state index is 12.0. The van der Waals surface area contributed by atoms with Crippen LogP contribution in [0.3, 0.4) is 0 Å². The molecule has 0 radical (unpaired) electrons. The van der Waals surface area contributed by atoms with E-state index in [4.69, 9.17) is 11.6 Å². The summed E-state index contributed by atoms with van der Waals surface area (Å²) < 4.78 is 25.6. The summed E-state index contributed by atoms with van der Waals surface area (Å²) >= 11 is 5.74. The van der Waals surface area contributed by atoms with Gasteiger partial charge in [-0.05, 0) is 13.8 Å². The highest BCUT2D eigenvalue weighted by molar-refractivity contribution is 7.89. The number of nitrogens with zero attached hydrogens (tertiary/aromatic N) is 4. The van der Waals surface area contributed by atoms with Gasteiger partial charge in [0.25, 0.3) is 0 Å². The molecule has 2 rings (SSSR count). The molecule has 0 bridgehead atoms. The molecular weight excluding hydrogens is 288 g/mol. The minimum Gasteiger partial charge on any atom is -0.338 e. The minimum absolute atomic E-state index is 0.383. The fraction of sp³-hybridized carbons (Fsp3) is 0.636. The van der Waals surface area contributed by atoms with Crippen LogP contribution >= 0.6 is 11.6 Å². The zero-order valence-corrected chi connectivity index (χ0v) is 12.5. The number of halogens is 1. The van der Waals surface area contributed by atoms with Crippen molar-refractivity contribution in [3.63, 3.8) is 0 Å². The van der Waals surface area contributed by atoms with Crippen molar-refractivity contribution in [3.8, 4) is 0 Å². The molecule has 0 saturated carbocycles. The van der Waals surface area contributed by atoms with Crippen molar-refractivity contribution in [2.75, 3.05) is 31.1 Å². The molecule has 6 nitrogen and oxygen atoms in total. The fourth-order valence-electron chi connectivity index (χ4n) is 1.91. The van der Waals surface area contributed by atoms with Crippen molar-refractivity contribution in [1.29, 1.82) is 0 Å². The zero-order valence-electron chi connectivity index (χ0n) is 11.0. The van der Waals surface area contributed by atoms with Gasteiger partial charge < -0.3 is 4.90 Å². The van der Waals surface area contributed by atoms with Crippen molar-refractivity contribution in [2.24, 2.45) is 0 Å². The third-order valence-corrected chi connectivity index (χ3v) is 5.56. The van der Waals surface area contributed by atoms with Gasteiger partial charge >= 0.3 is 0 Å². The predicted octanol–water partition coefficient (Wildman–Crippen LogP) is 0.990. The highest BCUT2D eigenvalue weighted by Gasteiger charge is 2.29. The standard InChI is InChI=1S/C11H17ClN4O2S/c1-9(2)19(17,18)16-5-3-15(4-6-16)11-13-7-10(12)8-14-11/h7-9H,3-6H2,1-2H3. The van der Waals surface area contributed by atoms with Crippen LogP contribution in [0, 0.1) is 0 Å². The van der Waals surface area contributed by atoms with Crippen LogP contribution in [0.15, 0.2) is 12.4 Å². The molecular formula is C11H17ClN4O2S. The minimum atomic E-state index is -3.17. The number of rotatable bonds is 3. The molecule has 0 spiro atoms. The van der Waals surface area contributed by atoms with Gasteiger partial charge in [-0.15, -0.1) is 0 Å². The monoisotopic (exact) mass is 304 g/mol. The lowest BCUT2D eigenvalue weighted by atomic mass is 10.4. The molecule has 106 valence electrons. The van der Waals surface area contributed by atoms with Crippen LogP contribution in [-0.2, 0) is 10.0 Å². The average molecular weight is 305 g/mol. The van der Waals surface area contributed by atoms with Crippen LogP contribution < -0.4 is 4.90 Å². The molecule has 1 saturated heterocycles. The van der Waals surface area contributed by atoms with E-state index in [9.17, 15) is 8.42 Å². The lowest BCUT2D eigenvalue weighted by Crippen LogP contribution is -2.50. The molecule has 8 heteroatoms. The number of hydrogen-bond acceptors (Lipinski definition) is 5. The Hall–Kier alpha value is -0.920. The molecule has 1 aromatic heterocycles. The predicted molar refractivity (Wildman–Crippen MR) is 74.9 cm³/mol. The number of aromatic nitrogens is 2. The Balaban J connectivity index is 2.02. The van der Waals surface area contributed by atoms with Crippen LogP contribution in [0.1, 0.15) is 13.8 Å². The van der Waals surface area contributed by atoms with E-state index in [0.29, 0.717) is 37.1 Å². The second-order valence-corrected chi connectivity index (χ2v) is 7.61. The molecule has 0 aromatic carbocycles. The summed E-state index contributed by atoms with van der Waals surface area (Å²) in [6.45, 7) is 5.51. The quantitative estimate of drug-likeness (QED) is 0.833. The van der Waals surface area contributed by atoms with Crippen molar-refractivity contribution >= 4 is 27.6 Å². The SMILES string of the molecule is CC(C)S(=O)(=O)N1CCN(c2ncc(Cl)cn2)CC1. The normalized spacial score (nSPS) is 18.0. The zero-order chi connectivity index (χ0) is 14.0. The molecule has 0 atom stereocenters. The Kier molecular flexibility index (Phi) is 4.27. The fourth-order valence-corrected chi connectivity index (χ4v) is 3.28. The van der Waals surface area contributed by atoms with E-state index in [1.54, 1.807) is 26.2 Å². The highest BCUT2D eigenvalue weighted by Crippen LogP contribution is 2.16. The summed E-state index contributed by atoms with van der Waals surface area (Å²) in [6.07, 6.45) is 3.09. The topological polar surface area (TPSA) is 66.4 Å². The summed E-state index contributed by atoms with van der Waals surface area (Å²) in [5, 5.41) is 0.107. The average Bonchev–Trinajstić information content (AvgIpc) is 2.39. The number of anilines is 1. The van der Waals surface area contributed by atoms with E-state index in [1.165, 1.54) is 4.31 Å². The third kappa shape index (κ3) is 3.16. The highest BCUT2D eigenvalue weighted by atomic mass is 35.5. The first-order chi connectivity index (χ1) is 8.91. The van der Waals surface area contributed by atoms with Crippen LogP contribution in [0.2, 0.25) is 5.02 Å². The largest absolute Gasteiger partial charge is 0.338 e. The first-order valence-electron chi connectivity index (χ1n) is 6.12. The lowest BCUT2D eigenvalue weighted by molar-refractivity contribution is 0.379. The third-order valence-electron chi connectivity index (χ3n) is 3.08. The summed E-state index contributed by atoms with van der Waals surface area (Å²) in [4.78, 5) is 10.2. The Morgan fingerprint density at radius 3 is 2.16 bits per heavy atom. The second-order valence-electron chi connectivity index (χ2n) is 4.68. The first-order valence-corrected chi connectivity index (χ1v) is 8.01. The van der Waals surface area contributed by atoms with Gasteiger partial charge in [0.15, 0.2) is 0 Å². The van der Waals surface area contributed by atoms with E-state index < -0.39 is 10.0 Å². The van der Waals surface area contributed by atoms with Crippen molar-refractivity contribution < 1.29 is 8.42 Å². The summed E-state index contributed by atoms with van der Waals surface area (Å²) in [6, 6.07) is 0. The molecule has 0 aliphatic carbocycles. The number of piperazine rings is 1. The lowest BCUT2D eigenvalue weighted by Gasteiger charge is -2.34. The summed E-state index contributed by atoms with van der Waals surface area (Å²) in [7, 11) is -3.17. The smallest absolute Gasteiger partial charge is 0.225 e. The van der Waals surface area contributed by atoms with Gasteiger partial charge in [0, 0.05) is 26.2 Å². The van der Waals surface area contributed by atoms with E-state index >= 15 is 0 Å². The second kappa shape index (κ2) is 5.60. The van der Waals surface area contributed by atoms with Crippen LogP contribution in [-0.4, -0.2) is 54.1 Å². The first kappa shape index (κ1) is 14.5. The number of sulfonamides is 1. The molecule has 0 amide bonds. The van der Waals surface area contributed by atoms with Crippen molar-refractivity contribution in [1.82, 2.24) is 14.3 Å². The molecule has 19 heavy (non-hydrogen) atoms. The molecule has 2 heterocycles. The molecule has 1 aliphatic rings. The van der Waals surface area contributed by atoms with Crippen LogP contribution in [0.25, 0.3) is 0 Å². The maximum atomic E-state index is 12.0. The Labute approximate surface area is 118 Å². The van der Waals surface area contributed by atoms with Crippen molar-refractivity contribution in [3.05, 3.63) is 17.4 Å². The Bertz CT molecular complexity index is 524. The molecule has 0 unspecified atom stereocenters.